The Balaban J connectivity index is 1.29. The fourth-order valence-corrected chi connectivity index (χ4v) is 3.79. The zero-order valence-corrected chi connectivity index (χ0v) is 17.0. The number of rotatable bonds is 8. The molecule has 29 heavy (non-hydrogen) atoms. The first kappa shape index (κ1) is 21.1. The number of piperidine rings is 1. The van der Waals surface area contributed by atoms with E-state index >= 15 is 0 Å². The molecule has 0 aliphatic carbocycles. The number of nitrogens with one attached hydrogen (secondary N) is 2. The average Bonchev–Trinajstić information content (AvgIpc) is 2.72. The molecule has 1 saturated heterocycles. The number of anilines is 1. The molecule has 0 saturated carbocycles. The van der Waals surface area contributed by atoms with E-state index in [9.17, 15) is 9.18 Å². The number of urea groups is 1. The van der Waals surface area contributed by atoms with Crippen LogP contribution >= 0.6 is 0 Å². The van der Waals surface area contributed by atoms with Crippen molar-refractivity contribution in [3.8, 4) is 5.75 Å². The van der Waals surface area contributed by atoms with Crippen LogP contribution in [0.5, 0.6) is 5.75 Å². The molecule has 156 valence electrons. The van der Waals surface area contributed by atoms with Gasteiger partial charge in [0.1, 0.15) is 11.6 Å². The van der Waals surface area contributed by atoms with Crippen LogP contribution in [-0.4, -0.2) is 44.2 Å². The largest absolute Gasteiger partial charge is 0.497 e. The SMILES string of the molecule is COc1cccc(NC(=O)NCCCN2CCC(Cc3cccc(F)c3)CC2)c1. The van der Waals surface area contributed by atoms with E-state index in [0.717, 1.165) is 50.9 Å². The lowest BCUT2D eigenvalue weighted by molar-refractivity contribution is 0.182. The second-order valence-corrected chi connectivity index (χ2v) is 7.59. The number of likely N-dealkylation sites (tertiary alicyclic amines) is 1. The van der Waals surface area contributed by atoms with Crippen LogP contribution < -0.4 is 15.4 Å². The Bertz CT molecular complexity index is 791. The van der Waals surface area contributed by atoms with Crippen molar-refractivity contribution in [1.29, 1.82) is 0 Å². The third-order valence-corrected chi connectivity index (χ3v) is 5.38. The topological polar surface area (TPSA) is 53.6 Å². The van der Waals surface area contributed by atoms with Gasteiger partial charge >= 0.3 is 6.03 Å². The molecule has 1 aliphatic heterocycles. The van der Waals surface area contributed by atoms with E-state index < -0.39 is 0 Å². The van der Waals surface area contributed by atoms with Gasteiger partial charge in [0.15, 0.2) is 0 Å². The van der Waals surface area contributed by atoms with Gasteiger partial charge in [-0.15, -0.1) is 0 Å². The Morgan fingerprint density at radius 3 is 2.72 bits per heavy atom. The van der Waals surface area contributed by atoms with Crippen molar-refractivity contribution >= 4 is 11.7 Å². The van der Waals surface area contributed by atoms with E-state index in [1.165, 1.54) is 6.07 Å². The van der Waals surface area contributed by atoms with Gasteiger partial charge < -0.3 is 20.3 Å². The van der Waals surface area contributed by atoms with Crippen molar-refractivity contribution in [1.82, 2.24) is 10.2 Å². The van der Waals surface area contributed by atoms with Crippen molar-refractivity contribution < 1.29 is 13.9 Å². The molecule has 1 heterocycles. The summed E-state index contributed by atoms with van der Waals surface area (Å²) in [7, 11) is 1.60. The van der Waals surface area contributed by atoms with E-state index in [1.54, 1.807) is 25.3 Å². The molecule has 2 aromatic rings. The van der Waals surface area contributed by atoms with Gasteiger partial charge in [-0.1, -0.05) is 18.2 Å². The maximum Gasteiger partial charge on any atom is 0.319 e. The van der Waals surface area contributed by atoms with E-state index in [-0.39, 0.29) is 11.8 Å². The maximum atomic E-state index is 13.3. The first-order valence-electron chi connectivity index (χ1n) is 10.3. The van der Waals surface area contributed by atoms with E-state index in [4.69, 9.17) is 4.74 Å². The van der Waals surface area contributed by atoms with Crippen molar-refractivity contribution in [2.45, 2.75) is 25.7 Å². The smallest absolute Gasteiger partial charge is 0.319 e. The lowest BCUT2D eigenvalue weighted by Crippen LogP contribution is -2.37. The van der Waals surface area contributed by atoms with Crippen LogP contribution in [-0.2, 0) is 6.42 Å². The summed E-state index contributed by atoms with van der Waals surface area (Å²) in [6.45, 7) is 3.75. The number of amides is 2. The number of halogens is 1. The molecule has 3 rings (SSSR count). The molecular formula is C23H30FN3O2. The minimum Gasteiger partial charge on any atom is -0.497 e. The lowest BCUT2D eigenvalue weighted by Gasteiger charge is -2.32. The number of benzene rings is 2. The molecule has 1 fully saturated rings. The summed E-state index contributed by atoms with van der Waals surface area (Å²) in [5.74, 6) is 1.19. The van der Waals surface area contributed by atoms with Crippen molar-refractivity contribution in [3.63, 3.8) is 0 Å². The molecule has 2 N–H and O–H groups in total. The molecule has 0 unspecified atom stereocenters. The van der Waals surface area contributed by atoms with Crippen LogP contribution in [0.4, 0.5) is 14.9 Å². The Morgan fingerprint density at radius 1 is 1.17 bits per heavy atom. The summed E-state index contributed by atoms with van der Waals surface area (Å²) in [6.07, 6.45) is 4.15. The predicted molar refractivity (Wildman–Crippen MR) is 114 cm³/mol. The zero-order valence-electron chi connectivity index (χ0n) is 17.0. The molecule has 0 spiro atoms. The number of ether oxygens (including phenoxy) is 1. The van der Waals surface area contributed by atoms with Gasteiger partial charge in [-0.25, -0.2) is 9.18 Å². The Morgan fingerprint density at radius 2 is 1.97 bits per heavy atom. The number of carbonyl (C=O) groups excluding carboxylic acids is 1. The molecule has 0 atom stereocenters. The second kappa shape index (κ2) is 10.8. The fourth-order valence-electron chi connectivity index (χ4n) is 3.79. The molecule has 0 aromatic heterocycles. The van der Waals surface area contributed by atoms with Crippen molar-refractivity contribution in [2.24, 2.45) is 5.92 Å². The molecule has 2 aromatic carbocycles. The average molecular weight is 400 g/mol. The van der Waals surface area contributed by atoms with Crippen LogP contribution in [0.25, 0.3) is 0 Å². The minimum absolute atomic E-state index is 0.150. The van der Waals surface area contributed by atoms with E-state index in [2.05, 4.69) is 15.5 Å². The third kappa shape index (κ3) is 7.06. The zero-order chi connectivity index (χ0) is 20.5. The molecule has 0 radical (unpaired) electrons. The first-order chi connectivity index (χ1) is 14.1. The van der Waals surface area contributed by atoms with Gasteiger partial charge in [0.2, 0.25) is 0 Å². The van der Waals surface area contributed by atoms with Crippen LogP contribution in [0.2, 0.25) is 0 Å². The molecule has 2 amide bonds. The van der Waals surface area contributed by atoms with Gasteiger partial charge in [0, 0.05) is 18.3 Å². The van der Waals surface area contributed by atoms with Gasteiger partial charge in [-0.3, -0.25) is 0 Å². The highest BCUT2D eigenvalue weighted by Crippen LogP contribution is 2.22. The molecule has 6 heteroatoms. The maximum absolute atomic E-state index is 13.3. The summed E-state index contributed by atoms with van der Waals surface area (Å²) >= 11 is 0. The number of hydrogen-bond acceptors (Lipinski definition) is 3. The van der Waals surface area contributed by atoms with Crippen LogP contribution in [0, 0.1) is 11.7 Å². The van der Waals surface area contributed by atoms with E-state index in [1.807, 2.05) is 24.3 Å². The summed E-state index contributed by atoms with van der Waals surface area (Å²) in [5, 5.41) is 5.72. The first-order valence-corrected chi connectivity index (χ1v) is 10.3. The normalized spacial score (nSPS) is 15.1. The highest BCUT2D eigenvalue weighted by atomic mass is 19.1. The van der Waals surface area contributed by atoms with E-state index in [0.29, 0.717) is 23.9 Å². The minimum atomic E-state index is -0.202. The highest BCUT2D eigenvalue weighted by molar-refractivity contribution is 5.89. The Labute approximate surface area is 172 Å². The summed E-state index contributed by atoms with van der Waals surface area (Å²) in [5.41, 5.74) is 1.80. The third-order valence-electron chi connectivity index (χ3n) is 5.38. The summed E-state index contributed by atoms with van der Waals surface area (Å²) in [6, 6.07) is 14.0. The molecule has 1 aliphatic rings. The lowest BCUT2D eigenvalue weighted by atomic mass is 9.90. The van der Waals surface area contributed by atoms with Crippen LogP contribution in [0.3, 0.4) is 0 Å². The highest BCUT2D eigenvalue weighted by Gasteiger charge is 2.19. The number of methoxy groups -OCH3 is 1. The molecule has 5 nitrogen and oxygen atoms in total. The summed E-state index contributed by atoms with van der Waals surface area (Å²) in [4.78, 5) is 14.4. The predicted octanol–water partition coefficient (Wildman–Crippen LogP) is 4.30. The van der Waals surface area contributed by atoms with Gasteiger partial charge in [-0.2, -0.15) is 0 Å². The fraction of sp³-hybridized carbons (Fsp3) is 0.435. The Kier molecular flexibility index (Phi) is 7.87. The number of carbonyl (C=O) groups is 1. The molecule has 0 bridgehead atoms. The number of hydrogen-bond donors (Lipinski definition) is 2. The summed E-state index contributed by atoms with van der Waals surface area (Å²) < 4.78 is 18.5. The van der Waals surface area contributed by atoms with Crippen LogP contribution in [0.1, 0.15) is 24.8 Å². The Hall–Kier alpha value is -2.60. The molecular weight excluding hydrogens is 369 g/mol. The quantitative estimate of drug-likeness (QED) is 0.651. The van der Waals surface area contributed by atoms with Gasteiger partial charge in [0.05, 0.1) is 7.11 Å². The van der Waals surface area contributed by atoms with Crippen LogP contribution in [0.15, 0.2) is 48.5 Å². The van der Waals surface area contributed by atoms with Crippen molar-refractivity contribution in [3.05, 3.63) is 59.9 Å². The standard InChI is InChI=1S/C23H30FN3O2/c1-29-22-8-3-7-21(17-22)26-23(28)25-11-4-12-27-13-9-18(10-14-27)15-19-5-2-6-20(24)16-19/h2-3,5-8,16-18H,4,9-15H2,1H3,(H2,25,26,28). The van der Waals surface area contributed by atoms with Gasteiger partial charge in [-0.05, 0) is 81.1 Å². The monoisotopic (exact) mass is 399 g/mol. The number of nitrogens with zero attached hydrogens (tertiary/aromatic N) is 1. The second-order valence-electron chi connectivity index (χ2n) is 7.59. The van der Waals surface area contributed by atoms with Gasteiger partial charge in [0.25, 0.3) is 0 Å². The van der Waals surface area contributed by atoms with Crippen molar-refractivity contribution in [2.75, 3.05) is 38.6 Å².